The summed E-state index contributed by atoms with van der Waals surface area (Å²) in [7, 11) is 0. The third-order valence-electron chi connectivity index (χ3n) is 1.04. The quantitative estimate of drug-likeness (QED) is 0.370. The van der Waals surface area contributed by atoms with Crippen LogP contribution < -0.4 is 0 Å². The molecule has 0 atom stereocenters. The van der Waals surface area contributed by atoms with Gasteiger partial charge in [-0.3, -0.25) is 0 Å². The molecule has 2 nitrogen and oxygen atoms in total. The van der Waals surface area contributed by atoms with Crippen molar-refractivity contribution in [2.45, 2.75) is 0 Å². The first-order chi connectivity index (χ1) is 7.20. The molecule has 0 aromatic heterocycles. The van der Waals surface area contributed by atoms with Crippen LogP contribution in [0.15, 0.2) is 18.2 Å². The summed E-state index contributed by atoms with van der Waals surface area (Å²) in [5.74, 6) is -1.75. The molecule has 17 heavy (non-hydrogen) atoms. The van der Waals surface area contributed by atoms with Gasteiger partial charge in [0.05, 0.1) is 0 Å². The van der Waals surface area contributed by atoms with Gasteiger partial charge in [0.15, 0.2) is 4.98 Å². The molecule has 0 saturated heterocycles. The molecule has 0 aliphatic carbocycles. The van der Waals surface area contributed by atoms with Crippen LogP contribution in [-0.2, 0) is 0 Å². The van der Waals surface area contributed by atoms with Gasteiger partial charge in [-0.2, -0.15) is 8.78 Å². The van der Waals surface area contributed by atoms with Gasteiger partial charge in [0, 0.05) is 0 Å². The zero-order chi connectivity index (χ0) is 14.0. The zero-order valence-corrected chi connectivity index (χ0v) is 10.2. The first-order valence-corrected chi connectivity index (χ1v) is 9.35. The Kier molecular flexibility index (Phi) is 3.72. The van der Waals surface area contributed by atoms with Crippen LogP contribution in [-0.4, -0.2) is 19.5 Å². The summed E-state index contributed by atoms with van der Waals surface area (Å²) < 4.78 is 84.3. The molecule has 0 saturated carbocycles. The van der Waals surface area contributed by atoms with Crippen LogP contribution in [0.4, 0.5) is 31.3 Å². The molecule has 0 heterocycles. The van der Waals surface area contributed by atoms with Crippen LogP contribution >= 0.6 is 0 Å². The summed E-state index contributed by atoms with van der Waals surface area (Å²) in [6.45, 7) is 0. The number of rotatable bonds is 0. The maximum atomic E-state index is 12.4. The predicted molar refractivity (Wildman–Crippen MR) is 43.5 cm³/mol. The second-order valence-corrected chi connectivity index (χ2v) is 8.10. The molecule has 1 rings (SSSR count). The summed E-state index contributed by atoms with van der Waals surface area (Å²) in [6, 6.07) is 3.22. The van der Waals surface area contributed by atoms with Crippen LogP contribution in [0.5, 0.6) is 0 Å². The van der Waals surface area contributed by atoms with Crippen molar-refractivity contribution in [3.8, 4) is 0 Å². The van der Waals surface area contributed by atoms with E-state index in [1.807, 2.05) is 0 Å². The molecule has 1 aromatic rings. The molecule has 0 N–H and O–H groups in total. The van der Waals surface area contributed by atoms with E-state index in [9.17, 15) is 25.7 Å². The van der Waals surface area contributed by atoms with Crippen molar-refractivity contribution in [2.24, 2.45) is 0 Å². The summed E-state index contributed by atoms with van der Waals surface area (Å²) in [5.41, 5.74) is -0.650. The second kappa shape index (κ2) is 3.98. The van der Waals surface area contributed by atoms with Crippen LogP contribution in [0.2, 0.25) is 0 Å². The van der Waals surface area contributed by atoms with E-state index >= 15 is 0 Å². The van der Waals surface area contributed by atoms with Gasteiger partial charge in [-0.25, -0.2) is 0 Å². The van der Waals surface area contributed by atoms with Crippen LogP contribution in [0.3, 0.4) is 0 Å². The first-order valence-electron chi connectivity index (χ1n) is 3.56. The number of nitrogens with zero attached hydrogens (tertiary/aromatic N) is 2. The Morgan fingerprint density at radius 1 is 0.882 bits per heavy atom. The van der Waals surface area contributed by atoms with E-state index in [1.54, 1.807) is 0 Å². The van der Waals surface area contributed by atoms with E-state index in [2.05, 4.69) is 4.98 Å². The van der Waals surface area contributed by atoms with Crippen molar-refractivity contribution >= 4 is 25.2 Å². The maximum absolute atomic E-state index is 12.4. The van der Waals surface area contributed by atoms with Gasteiger partial charge in [-0.15, -0.1) is 0 Å². The second-order valence-electron chi connectivity index (χ2n) is 2.63. The number of hydrogen-bond acceptors (Lipinski definition) is 1. The molecule has 0 radical (unpaired) electrons. The Hall–Kier alpha value is -1.10. The Morgan fingerprint density at radius 2 is 1.18 bits per heavy atom. The molecule has 0 aliphatic heterocycles. The molecular formula is C6H3F8N2Sb. The fourth-order valence-corrected chi connectivity index (χ4v) is 0.585. The predicted octanol–water partition coefficient (Wildman–Crippen LogP) is 4.59. The Balaban J connectivity index is 0.000000325. The molecular weight excluding hydrogens is 374 g/mol. The third-order valence-corrected chi connectivity index (χ3v) is 1.04. The fourth-order valence-electron chi connectivity index (χ4n) is 0.585. The average Bonchev–Trinajstić information content (AvgIpc) is 1.98. The molecule has 1 aromatic carbocycles. The zero-order valence-electron chi connectivity index (χ0n) is 7.60. The number of diazo groups is 1. The SMILES string of the molecule is N#[N+]c1c(F)cccc1F.[F][Sb-]([F])([F])([F])([F])[F]. The van der Waals surface area contributed by atoms with E-state index in [0.717, 1.165) is 12.1 Å². The van der Waals surface area contributed by atoms with Crippen molar-refractivity contribution in [3.63, 3.8) is 0 Å². The minimum absolute atomic E-state index is 0.650. The van der Waals surface area contributed by atoms with Crippen molar-refractivity contribution in [1.82, 2.24) is 0 Å². The van der Waals surface area contributed by atoms with E-state index in [-0.39, 0.29) is 0 Å². The Labute approximate surface area is 91.4 Å². The minimum atomic E-state index is -11.2. The van der Waals surface area contributed by atoms with Gasteiger partial charge in [-0.05, 0) is 12.1 Å². The molecule has 0 spiro atoms. The number of benzene rings is 1. The Bertz CT molecular complexity index is 426. The van der Waals surface area contributed by atoms with Crippen molar-refractivity contribution in [3.05, 3.63) is 34.8 Å². The first kappa shape index (κ1) is 15.9. The van der Waals surface area contributed by atoms with Gasteiger partial charge in [0.2, 0.25) is 17.0 Å². The summed E-state index contributed by atoms with van der Waals surface area (Å²) in [6.07, 6.45) is 0. The number of hydrogen-bond donors (Lipinski definition) is 0. The molecule has 0 fully saturated rings. The van der Waals surface area contributed by atoms with E-state index in [0.29, 0.717) is 0 Å². The van der Waals surface area contributed by atoms with Gasteiger partial charge in [0.25, 0.3) is 0 Å². The van der Waals surface area contributed by atoms with Crippen molar-refractivity contribution in [2.75, 3.05) is 0 Å². The van der Waals surface area contributed by atoms with Crippen LogP contribution in [0.1, 0.15) is 0 Å². The average molecular weight is 377 g/mol. The van der Waals surface area contributed by atoms with E-state index < -0.39 is 36.8 Å². The van der Waals surface area contributed by atoms with Crippen molar-refractivity contribution < 1.29 is 25.7 Å². The molecule has 0 unspecified atom stereocenters. The Morgan fingerprint density at radius 3 is 1.35 bits per heavy atom. The third kappa shape index (κ3) is 11.2. The molecule has 0 aliphatic rings. The topological polar surface area (TPSA) is 28.1 Å². The van der Waals surface area contributed by atoms with Crippen molar-refractivity contribution in [1.29, 1.82) is 5.39 Å². The molecule has 11 heteroatoms. The summed E-state index contributed by atoms with van der Waals surface area (Å²) in [4.78, 5) is 2.42. The van der Waals surface area contributed by atoms with Gasteiger partial charge >= 0.3 is 42.0 Å². The molecule has 0 bridgehead atoms. The normalized spacial score (nSPS) is 14.8. The fraction of sp³-hybridized carbons (Fsp3) is 0. The molecule has 98 valence electrons. The standard InChI is InChI=1S/C6H3F2N2.6FH.Sb/c7-4-2-1-3-5(8)6(4)10-9;;;;;;;/h1-3H;6*1H;/q+1;;;;;;;+5/p-6. The van der Waals surface area contributed by atoms with Gasteiger partial charge in [0.1, 0.15) is 0 Å². The van der Waals surface area contributed by atoms with E-state index in [1.165, 1.54) is 6.07 Å². The van der Waals surface area contributed by atoms with Crippen LogP contribution in [0.25, 0.3) is 4.98 Å². The summed E-state index contributed by atoms with van der Waals surface area (Å²) >= 11 is -11.2. The van der Waals surface area contributed by atoms with Gasteiger partial charge in [-0.1, -0.05) is 6.07 Å². The van der Waals surface area contributed by atoms with Crippen LogP contribution in [0, 0.1) is 17.0 Å². The monoisotopic (exact) mass is 376 g/mol. The van der Waals surface area contributed by atoms with Gasteiger partial charge < -0.3 is 0 Å². The molecule has 0 amide bonds. The summed E-state index contributed by atoms with van der Waals surface area (Å²) in [5, 5.41) is 8.04. The number of halogens is 8. The van der Waals surface area contributed by atoms with E-state index in [4.69, 9.17) is 5.39 Å².